The fourth-order valence-electron chi connectivity index (χ4n) is 0.699. The fourth-order valence-corrected chi connectivity index (χ4v) is 1.55. The van der Waals surface area contributed by atoms with E-state index in [0.717, 1.165) is 5.56 Å². The van der Waals surface area contributed by atoms with Crippen LogP contribution in [-0.2, 0) is 6.61 Å². The van der Waals surface area contributed by atoms with Crippen molar-refractivity contribution in [3.8, 4) is 5.75 Å². The molecule has 0 saturated carbocycles. The predicted octanol–water partition coefficient (Wildman–Crippen LogP) is 2.41. The van der Waals surface area contributed by atoms with E-state index in [1.54, 1.807) is 6.07 Å². The smallest absolute Gasteiger partial charge is 0.130 e. The van der Waals surface area contributed by atoms with Gasteiger partial charge in [-0.3, -0.25) is 0 Å². The molecule has 0 heterocycles. The maximum atomic E-state index is 9.16. The second kappa shape index (κ2) is 3.56. The molecule has 4 heteroatoms. The van der Waals surface area contributed by atoms with Gasteiger partial charge in [0.1, 0.15) is 5.75 Å². The van der Waals surface area contributed by atoms with Crippen LogP contribution in [0.15, 0.2) is 21.1 Å². The van der Waals surface area contributed by atoms with Crippen LogP contribution in [0.1, 0.15) is 5.56 Å². The summed E-state index contributed by atoms with van der Waals surface area (Å²) in [5, 5.41) is 18.0. The van der Waals surface area contributed by atoms with Gasteiger partial charge in [0.15, 0.2) is 0 Å². The van der Waals surface area contributed by atoms with Crippen LogP contribution in [0.4, 0.5) is 0 Å². The van der Waals surface area contributed by atoms with Crippen LogP contribution in [0, 0.1) is 0 Å². The standard InChI is InChI=1S/C7H6Br2O2/c8-5-2-7(11)6(9)1-4(5)3-10/h1-2,10-11H,3H2. The average molecular weight is 282 g/mol. The van der Waals surface area contributed by atoms with Gasteiger partial charge in [-0.25, -0.2) is 0 Å². The van der Waals surface area contributed by atoms with Crippen LogP contribution < -0.4 is 0 Å². The van der Waals surface area contributed by atoms with Crippen molar-refractivity contribution in [3.05, 3.63) is 26.6 Å². The molecule has 0 aliphatic heterocycles. The number of hydrogen-bond acceptors (Lipinski definition) is 2. The third-order valence-corrected chi connectivity index (χ3v) is 2.66. The molecule has 2 N–H and O–H groups in total. The predicted molar refractivity (Wildman–Crippen MR) is 49.4 cm³/mol. The number of rotatable bonds is 1. The van der Waals surface area contributed by atoms with Crippen LogP contribution in [0.2, 0.25) is 0 Å². The Labute approximate surface area is 81.1 Å². The maximum Gasteiger partial charge on any atom is 0.130 e. The van der Waals surface area contributed by atoms with Crippen molar-refractivity contribution in [2.45, 2.75) is 6.61 Å². The minimum Gasteiger partial charge on any atom is -0.507 e. The zero-order valence-electron chi connectivity index (χ0n) is 5.51. The Morgan fingerprint density at radius 2 is 1.82 bits per heavy atom. The molecule has 0 atom stereocenters. The molecule has 0 aliphatic carbocycles. The lowest BCUT2D eigenvalue weighted by Gasteiger charge is -2.02. The van der Waals surface area contributed by atoms with Crippen LogP contribution in [-0.4, -0.2) is 10.2 Å². The van der Waals surface area contributed by atoms with E-state index < -0.39 is 0 Å². The van der Waals surface area contributed by atoms with E-state index in [4.69, 9.17) is 10.2 Å². The zero-order valence-corrected chi connectivity index (χ0v) is 8.68. The Morgan fingerprint density at radius 1 is 1.18 bits per heavy atom. The van der Waals surface area contributed by atoms with Crippen molar-refractivity contribution in [1.82, 2.24) is 0 Å². The molecule has 1 aromatic carbocycles. The number of aliphatic hydroxyl groups excluding tert-OH is 1. The molecule has 2 nitrogen and oxygen atoms in total. The minimum atomic E-state index is -0.0422. The summed E-state index contributed by atoms with van der Waals surface area (Å²) in [6.45, 7) is -0.0422. The van der Waals surface area contributed by atoms with Gasteiger partial charge >= 0.3 is 0 Å². The van der Waals surface area contributed by atoms with E-state index in [-0.39, 0.29) is 12.4 Å². The summed E-state index contributed by atoms with van der Waals surface area (Å²) in [5.74, 6) is 0.161. The summed E-state index contributed by atoms with van der Waals surface area (Å²) >= 11 is 6.34. The molecule has 0 unspecified atom stereocenters. The first-order valence-corrected chi connectivity index (χ1v) is 4.51. The molecule has 0 saturated heterocycles. The molecule has 0 aliphatic rings. The van der Waals surface area contributed by atoms with E-state index in [1.807, 2.05) is 0 Å². The molecule has 1 rings (SSSR count). The van der Waals surface area contributed by atoms with Crippen LogP contribution in [0.3, 0.4) is 0 Å². The van der Waals surface area contributed by atoms with Gasteiger partial charge in [-0.2, -0.15) is 0 Å². The van der Waals surface area contributed by atoms with Gasteiger partial charge in [-0.15, -0.1) is 0 Å². The first-order chi connectivity index (χ1) is 5.15. The largest absolute Gasteiger partial charge is 0.507 e. The second-order valence-corrected chi connectivity index (χ2v) is 3.76. The van der Waals surface area contributed by atoms with Crippen LogP contribution in [0.5, 0.6) is 5.75 Å². The summed E-state index contributed by atoms with van der Waals surface area (Å²) < 4.78 is 1.30. The highest BCUT2D eigenvalue weighted by Crippen LogP contribution is 2.30. The Kier molecular flexibility index (Phi) is 2.92. The molecule has 0 fully saturated rings. The van der Waals surface area contributed by atoms with E-state index in [0.29, 0.717) is 8.95 Å². The average Bonchev–Trinajstić information content (AvgIpc) is 1.97. The quantitative estimate of drug-likeness (QED) is 0.830. The van der Waals surface area contributed by atoms with Gasteiger partial charge in [0.25, 0.3) is 0 Å². The van der Waals surface area contributed by atoms with Crippen molar-refractivity contribution in [3.63, 3.8) is 0 Å². The zero-order chi connectivity index (χ0) is 8.43. The summed E-state index contributed by atoms with van der Waals surface area (Å²) in [6.07, 6.45) is 0. The molecular weight excluding hydrogens is 276 g/mol. The van der Waals surface area contributed by atoms with Crippen molar-refractivity contribution in [2.24, 2.45) is 0 Å². The fraction of sp³-hybridized carbons (Fsp3) is 0.143. The molecule has 60 valence electrons. The van der Waals surface area contributed by atoms with E-state index in [9.17, 15) is 0 Å². The van der Waals surface area contributed by atoms with Crippen molar-refractivity contribution in [2.75, 3.05) is 0 Å². The number of hydrogen-bond donors (Lipinski definition) is 2. The maximum absolute atomic E-state index is 9.16. The minimum absolute atomic E-state index is 0.0422. The summed E-state index contributed by atoms with van der Waals surface area (Å²) in [5.41, 5.74) is 0.745. The Hall–Kier alpha value is -0.0600. The molecule has 11 heavy (non-hydrogen) atoms. The van der Waals surface area contributed by atoms with Gasteiger partial charge in [0.2, 0.25) is 0 Å². The molecule has 0 aromatic heterocycles. The topological polar surface area (TPSA) is 40.5 Å². The monoisotopic (exact) mass is 280 g/mol. The van der Waals surface area contributed by atoms with E-state index in [1.165, 1.54) is 6.07 Å². The van der Waals surface area contributed by atoms with Crippen molar-refractivity contribution in [1.29, 1.82) is 0 Å². The summed E-state index contributed by atoms with van der Waals surface area (Å²) in [7, 11) is 0. The van der Waals surface area contributed by atoms with Crippen LogP contribution in [0.25, 0.3) is 0 Å². The Bertz CT molecular complexity index is 273. The summed E-state index contributed by atoms with van der Waals surface area (Å²) in [6, 6.07) is 3.20. The second-order valence-electron chi connectivity index (χ2n) is 2.05. The highest BCUT2D eigenvalue weighted by Gasteiger charge is 2.03. The molecule has 0 radical (unpaired) electrons. The van der Waals surface area contributed by atoms with Gasteiger partial charge in [-0.05, 0) is 33.6 Å². The summed E-state index contributed by atoms with van der Waals surface area (Å²) in [4.78, 5) is 0. The lowest BCUT2D eigenvalue weighted by Crippen LogP contribution is -1.84. The third kappa shape index (κ3) is 1.95. The first kappa shape index (κ1) is 9.03. The van der Waals surface area contributed by atoms with E-state index >= 15 is 0 Å². The SMILES string of the molecule is OCc1cc(Br)c(O)cc1Br. The van der Waals surface area contributed by atoms with Gasteiger partial charge in [-0.1, -0.05) is 15.9 Å². The number of phenols is 1. The first-order valence-electron chi connectivity index (χ1n) is 2.93. The lowest BCUT2D eigenvalue weighted by atomic mass is 10.2. The molecular formula is C7H6Br2O2. The molecule has 0 spiro atoms. The van der Waals surface area contributed by atoms with Crippen molar-refractivity contribution >= 4 is 31.9 Å². The van der Waals surface area contributed by atoms with Gasteiger partial charge < -0.3 is 10.2 Å². The number of benzene rings is 1. The Morgan fingerprint density at radius 3 is 2.36 bits per heavy atom. The van der Waals surface area contributed by atoms with Gasteiger partial charge in [0.05, 0.1) is 11.1 Å². The number of phenolic OH excluding ortho intramolecular Hbond substituents is 1. The number of aliphatic hydroxyl groups is 1. The third-order valence-electron chi connectivity index (χ3n) is 1.29. The lowest BCUT2D eigenvalue weighted by molar-refractivity contribution is 0.281. The molecule has 0 amide bonds. The molecule has 1 aromatic rings. The van der Waals surface area contributed by atoms with Gasteiger partial charge in [0, 0.05) is 4.47 Å². The number of aromatic hydroxyl groups is 1. The van der Waals surface area contributed by atoms with E-state index in [2.05, 4.69) is 31.9 Å². The normalized spacial score (nSPS) is 10.1. The van der Waals surface area contributed by atoms with Crippen LogP contribution >= 0.6 is 31.9 Å². The van der Waals surface area contributed by atoms with Crippen molar-refractivity contribution < 1.29 is 10.2 Å². The molecule has 0 bridgehead atoms. The Balaban J connectivity index is 3.21. The highest BCUT2D eigenvalue weighted by atomic mass is 79.9. The number of halogens is 2. The highest BCUT2D eigenvalue weighted by molar-refractivity contribution is 9.11.